The topological polar surface area (TPSA) is 92.5 Å². The number of carbonyl (C=O) groups is 1. The zero-order valence-electron chi connectivity index (χ0n) is 12.1. The Labute approximate surface area is 131 Å². The monoisotopic (exact) mass is 358 g/mol. The molecule has 1 rings (SSSR count). The van der Waals surface area contributed by atoms with E-state index in [-0.39, 0.29) is 17.5 Å². The van der Waals surface area contributed by atoms with E-state index >= 15 is 0 Å². The van der Waals surface area contributed by atoms with Crippen LogP contribution in [-0.2, 0) is 4.79 Å². The number of nitro groups is 1. The van der Waals surface area contributed by atoms with Crippen LogP contribution in [0, 0.1) is 15.5 Å². The average molecular weight is 359 g/mol. The summed E-state index contributed by atoms with van der Waals surface area (Å²) in [5, 5.41) is 22.7. The van der Waals surface area contributed by atoms with Crippen LogP contribution < -0.4 is 5.32 Å². The maximum absolute atomic E-state index is 11.0. The van der Waals surface area contributed by atoms with Gasteiger partial charge in [0.1, 0.15) is 5.69 Å². The first-order valence-corrected chi connectivity index (χ1v) is 7.40. The Morgan fingerprint density at radius 1 is 1.43 bits per heavy atom. The molecule has 0 aliphatic heterocycles. The summed E-state index contributed by atoms with van der Waals surface area (Å²) in [6.07, 6.45) is 1.43. The van der Waals surface area contributed by atoms with Crippen molar-refractivity contribution in [3.05, 3.63) is 32.8 Å². The Kier molecular flexibility index (Phi) is 6.14. The number of nitrogens with zero attached hydrogens (tertiary/aromatic N) is 1. The summed E-state index contributed by atoms with van der Waals surface area (Å²) in [7, 11) is 0. The van der Waals surface area contributed by atoms with Crippen molar-refractivity contribution < 1.29 is 14.8 Å². The number of nitro benzene ring substituents is 1. The molecule has 0 atom stereocenters. The summed E-state index contributed by atoms with van der Waals surface area (Å²) < 4.78 is 0.765. The number of carboxylic acids is 1. The molecular formula is C14H19BrN2O4. The average Bonchev–Trinajstić information content (AvgIpc) is 2.36. The van der Waals surface area contributed by atoms with Crippen LogP contribution in [0.5, 0.6) is 0 Å². The highest BCUT2D eigenvalue weighted by atomic mass is 79.9. The van der Waals surface area contributed by atoms with E-state index in [9.17, 15) is 14.9 Å². The highest BCUT2D eigenvalue weighted by molar-refractivity contribution is 9.10. The van der Waals surface area contributed by atoms with Gasteiger partial charge in [0.2, 0.25) is 0 Å². The van der Waals surface area contributed by atoms with Gasteiger partial charge in [-0.3, -0.25) is 14.9 Å². The van der Waals surface area contributed by atoms with Crippen LogP contribution in [0.2, 0.25) is 0 Å². The first-order valence-electron chi connectivity index (χ1n) is 6.61. The molecule has 2 N–H and O–H groups in total. The lowest BCUT2D eigenvalue weighted by molar-refractivity contribution is -0.384. The second-order valence-electron chi connectivity index (χ2n) is 5.65. The van der Waals surface area contributed by atoms with Gasteiger partial charge < -0.3 is 10.4 Å². The van der Waals surface area contributed by atoms with Gasteiger partial charge in [0, 0.05) is 23.5 Å². The SMILES string of the molecule is CC(C)(CCNc1cc(Br)ccc1[N+](=O)[O-])CCC(=O)O. The van der Waals surface area contributed by atoms with Gasteiger partial charge in [-0.2, -0.15) is 0 Å². The lowest BCUT2D eigenvalue weighted by Crippen LogP contribution is -2.18. The van der Waals surface area contributed by atoms with Gasteiger partial charge in [-0.15, -0.1) is 0 Å². The van der Waals surface area contributed by atoms with Gasteiger partial charge in [-0.05, 0) is 30.4 Å². The zero-order valence-corrected chi connectivity index (χ0v) is 13.6. The Morgan fingerprint density at radius 3 is 2.67 bits per heavy atom. The minimum atomic E-state index is -0.807. The Morgan fingerprint density at radius 2 is 2.10 bits per heavy atom. The molecule has 116 valence electrons. The van der Waals surface area contributed by atoms with Gasteiger partial charge in [0.15, 0.2) is 0 Å². The molecule has 1 aromatic carbocycles. The summed E-state index contributed by atoms with van der Waals surface area (Å²) in [5.74, 6) is -0.807. The van der Waals surface area contributed by atoms with E-state index in [0.717, 1.165) is 10.9 Å². The van der Waals surface area contributed by atoms with Crippen molar-refractivity contribution in [3.8, 4) is 0 Å². The van der Waals surface area contributed by atoms with E-state index in [2.05, 4.69) is 21.2 Å². The van der Waals surface area contributed by atoms with Crippen LogP contribution in [0.4, 0.5) is 11.4 Å². The van der Waals surface area contributed by atoms with Gasteiger partial charge >= 0.3 is 5.97 Å². The van der Waals surface area contributed by atoms with Crippen LogP contribution in [0.1, 0.15) is 33.1 Å². The van der Waals surface area contributed by atoms with Crippen LogP contribution in [0.15, 0.2) is 22.7 Å². The predicted molar refractivity (Wildman–Crippen MR) is 84.6 cm³/mol. The standard InChI is InChI=1S/C14H19BrN2O4/c1-14(2,6-5-13(18)19)7-8-16-11-9-10(15)3-4-12(11)17(20)21/h3-4,9,16H,5-8H2,1-2H3,(H,18,19). The van der Waals surface area contributed by atoms with E-state index in [1.54, 1.807) is 12.1 Å². The molecule has 6 nitrogen and oxygen atoms in total. The molecule has 0 aromatic heterocycles. The summed E-state index contributed by atoms with van der Waals surface area (Å²) in [6, 6.07) is 4.74. The number of nitrogens with one attached hydrogen (secondary N) is 1. The second-order valence-corrected chi connectivity index (χ2v) is 6.57. The van der Waals surface area contributed by atoms with Crippen LogP contribution in [0.3, 0.4) is 0 Å². The fourth-order valence-corrected chi connectivity index (χ4v) is 2.28. The number of rotatable bonds is 8. The summed E-state index contributed by atoms with van der Waals surface area (Å²) in [4.78, 5) is 21.1. The smallest absolute Gasteiger partial charge is 0.303 e. The van der Waals surface area contributed by atoms with Gasteiger partial charge in [0.25, 0.3) is 5.69 Å². The molecule has 0 fully saturated rings. The Bertz CT molecular complexity index is 532. The number of anilines is 1. The normalized spacial score (nSPS) is 11.2. The first-order chi connectivity index (χ1) is 9.71. The molecule has 21 heavy (non-hydrogen) atoms. The molecule has 0 aliphatic carbocycles. The highest BCUT2D eigenvalue weighted by Gasteiger charge is 2.20. The van der Waals surface area contributed by atoms with Gasteiger partial charge in [-0.25, -0.2) is 0 Å². The molecule has 1 aromatic rings. The quantitative estimate of drug-likeness (QED) is 0.540. The molecule has 0 saturated heterocycles. The van der Waals surface area contributed by atoms with Crippen LogP contribution in [0.25, 0.3) is 0 Å². The van der Waals surface area contributed by atoms with Crippen molar-refractivity contribution in [2.75, 3.05) is 11.9 Å². The number of aliphatic carboxylic acids is 1. The zero-order chi connectivity index (χ0) is 16.0. The third kappa shape index (κ3) is 6.12. The third-order valence-corrected chi connectivity index (χ3v) is 3.78. The highest BCUT2D eigenvalue weighted by Crippen LogP contribution is 2.30. The Hall–Kier alpha value is -1.63. The largest absolute Gasteiger partial charge is 0.481 e. The van der Waals surface area contributed by atoms with Gasteiger partial charge in [-0.1, -0.05) is 29.8 Å². The molecule has 0 aliphatic rings. The summed E-state index contributed by atoms with van der Waals surface area (Å²) in [6.45, 7) is 4.53. The van der Waals surface area contributed by atoms with Crippen molar-refractivity contribution in [2.45, 2.75) is 33.1 Å². The van der Waals surface area contributed by atoms with E-state index in [4.69, 9.17) is 5.11 Å². The number of halogens is 1. The second kappa shape index (κ2) is 7.40. The minimum absolute atomic E-state index is 0.0292. The molecule has 0 unspecified atom stereocenters. The van der Waals surface area contributed by atoms with E-state index in [0.29, 0.717) is 18.7 Å². The lowest BCUT2D eigenvalue weighted by atomic mass is 9.84. The minimum Gasteiger partial charge on any atom is -0.481 e. The van der Waals surface area contributed by atoms with E-state index in [1.807, 2.05) is 13.8 Å². The lowest BCUT2D eigenvalue weighted by Gasteiger charge is -2.24. The predicted octanol–water partition coefficient (Wildman–Crippen LogP) is 4.05. The van der Waals surface area contributed by atoms with E-state index in [1.165, 1.54) is 6.07 Å². The number of carboxylic acid groups (broad SMARTS) is 1. The van der Waals surface area contributed by atoms with Crippen molar-refractivity contribution in [1.29, 1.82) is 0 Å². The summed E-state index contributed by atoms with van der Waals surface area (Å²) >= 11 is 3.29. The number of hydrogen-bond acceptors (Lipinski definition) is 4. The van der Waals surface area contributed by atoms with Crippen molar-refractivity contribution in [3.63, 3.8) is 0 Å². The van der Waals surface area contributed by atoms with Gasteiger partial charge in [0.05, 0.1) is 4.92 Å². The van der Waals surface area contributed by atoms with Crippen LogP contribution in [-0.4, -0.2) is 22.5 Å². The molecule has 0 amide bonds. The molecule has 7 heteroatoms. The van der Waals surface area contributed by atoms with Crippen molar-refractivity contribution in [1.82, 2.24) is 0 Å². The molecular weight excluding hydrogens is 340 g/mol. The summed E-state index contributed by atoms with van der Waals surface area (Å²) in [5.41, 5.74) is 0.358. The number of benzene rings is 1. The Balaban J connectivity index is 2.61. The third-order valence-electron chi connectivity index (χ3n) is 3.29. The number of hydrogen-bond donors (Lipinski definition) is 2. The molecule has 0 radical (unpaired) electrons. The molecule has 0 saturated carbocycles. The maximum Gasteiger partial charge on any atom is 0.303 e. The molecule has 0 bridgehead atoms. The van der Waals surface area contributed by atoms with E-state index < -0.39 is 10.9 Å². The molecule has 0 heterocycles. The van der Waals surface area contributed by atoms with Crippen molar-refractivity contribution in [2.24, 2.45) is 5.41 Å². The van der Waals surface area contributed by atoms with Crippen LogP contribution >= 0.6 is 15.9 Å². The fourth-order valence-electron chi connectivity index (χ4n) is 1.91. The fraction of sp³-hybridized carbons (Fsp3) is 0.500. The van der Waals surface area contributed by atoms with Crippen molar-refractivity contribution >= 4 is 33.3 Å². The first kappa shape index (κ1) is 17.4. The molecule has 0 spiro atoms. The maximum atomic E-state index is 11.0.